The predicted octanol–water partition coefficient (Wildman–Crippen LogP) is -0.355. The van der Waals surface area contributed by atoms with E-state index in [0.29, 0.717) is 18.7 Å². The molecule has 1 aliphatic rings. The molecule has 1 amide bonds. The summed E-state index contributed by atoms with van der Waals surface area (Å²) in [6.07, 6.45) is 0. The van der Waals surface area contributed by atoms with Gasteiger partial charge in [0.15, 0.2) is 0 Å². The molecule has 0 unspecified atom stereocenters. The zero-order chi connectivity index (χ0) is 18.5. The number of ether oxygens (including phenoxy) is 1. The third kappa shape index (κ3) is 10.3. The van der Waals surface area contributed by atoms with Crippen molar-refractivity contribution in [3.63, 3.8) is 0 Å². The van der Waals surface area contributed by atoms with Crippen molar-refractivity contribution in [2.45, 2.75) is 6.54 Å². The number of nitrogens with one attached hydrogen (secondary N) is 4. The molecule has 7 nitrogen and oxygen atoms in total. The van der Waals surface area contributed by atoms with Crippen LogP contribution in [0.25, 0.3) is 0 Å². The molecule has 0 aromatic heterocycles. The van der Waals surface area contributed by atoms with Gasteiger partial charge in [0.25, 0.3) is 5.91 Å². The average Bonchev–Trinajstić information content (AvgIpc) is 2.64. The zero-order valence-corrected chi connectivity index (χ0v) is 19.5. The van der Waals surface area contributed by atoms with Gasteiger partial charge < -0.3 is 26.0 Å². The van der Waals surface area contributed by atoms with Crippen LogP contribution < -0.4 is 21.3 Å². The molecule has 0 atom stereocenters. The second kappa shape index (κ2) is 15.1. The Bertz CT molecular complexity index is 503. The Morgan fingerprint density at radius 1 is 1.00 bits per heavy atom. The number of rotatable bonds is 6. The van der Waals surface area contributed by atoms with Crippen LogP contribution in [0.15, 0.2) is 24.3 Å². The van der Waals surface area contributed by atoms with Gasteiger partial charge in [-0.3, -0.25) is 9.69 Å². The average molecular weight is 429 g/mol. The van der Waals surface area contributed by atoms with Crippen molar-refractivity contribution in [3.8, 4) is 0 Å². The minimum atomic E-state index is -0.0538. The summed E-state index contributed by atoms with van der Waals surface area (Å²) in [5.41, 5.74) is 1.92. The van der Waals surface area contributed by atoms with Crippen molar-refractivity contribution in [2.75, 3.05) is 72.6 Å². The van der Waals surface area contributed by atoms with Crippen LogP contribution in [-0.4, -0.2) is 83.4 Å². The topological polar surface area (TPSA) is 77.7 Å². The van der Waals surface area contributed by atoms with Gasteiger partial charge in [0.1, 0.15) is 0 Å². The van der Waals surface area contributed by atoms with Crippen molar-refractivity contribution in [3.05, 3.63) is 35.4 Å². The monoisotopic (exact) mass is 427 g/mol. The first-order valence-electron chi connectivity index (χ1n) is 9.50. The van der Waals surface area contributed by atoms with E-state index in [1.165, 1.54) is 5.56 Å². The third-order valence-electron chi connectivity index (χ3n) is 4.38. The molecule has 1 heterocycles. The largest absolute Gasteiger partial charge is 0.383 e. The Kier molecular flexibility index (Phi) is 13.5. The van der Waals surface area contributed by atoms with Gasteiger partial charge in [-0.25, -0.2) is 0 Å². The number of carbonyl (C=O) groups is 1. The summed E-state index contributed by atoms with van der Waals surface area (Å²) in [6.45, 7) is 9.97. The maximum absolute atomic E-state index is 12.0. The Morgan fingerprint density at radius 2 is 1.56 bits per heavy atom. The normalized spacial score (nSPS) is 17.2. The molecule has 148 valence electrons. The van der Waals surface area contributed by atoms with Crippen LogP contribution in [0.3, 0.4) is 0 Å². The van der Waals surface area contributed by atoms with Crippen LogP contribution >= 0.6 is 0 Å². The van der Waals surface area contributed by atoms with Gasteiger partial charge in [-0.2, -0.15) is 0 Å². The van der Waals surface area contributed by atoms with E-state index in [4.69, 9.17) is 4.74 Å². The number of nitrogens with zero attached hydrogens (tertiary/aromatic N) is 1. The van der Waals surface area contributed by atoms with Crippen molar-refractivity contribution >= 4 is 5.91 Å². The summed E-state index contributed by atoms with van der Waals surface area (Å²) in [5.74, 6) is -0.0538. The van der Waals surface area contributed by atoms with Crippen molar-refractivity contribution in [1.82, 2.24) is 26.2 Å². The van der Waals surface area contributed by atoms with Gasteiger partial charge in [0.2, 0.25) is 0 Å². The third-order valence-corrected chi connectivity index (χ3v) is 4.38. The van der Waals surface area contributed by atoms with E-state index in [9.17, 15) is 4.79 Å². The molecule has 0 saturated carbocycles. The number of carbonyl (C=O) groups excluding carboxylic acids is 1. The van der Waals surface area contributed by atoms with Gasteiger partial charge in [-0.15, -0.1) is 0 Å². The fourth-order valence-electron chi connectivity index (χ4n) is 2.86. The molecule has 0 aliphatic carbocycles. The summed E-state index contributed by atoms with van der Waals surface area (Å²) in [4.78, 5) is 14.5. The van der Waals surface area contributed by atoms with Gasteiger partial charge in [0, 0.05) is 97.6 Å². The molecule has 2 rings (SSSR count). The van der Waals surface area contributed by atoms with Crippen LogP contribution in [0.2, 0.25) is 0 Å². The fraction of sp³-hybridized carbons (Fsp3) is 0.632. The minimum Gasteiger partial charge on any atom is -0.383 e. The smallest absolute Gasteiger partial charge is 0.251 e. The van der Waals surface area contributed by atoms with Gasteiger partial charge >= 0.3 is 0 Å². The first kappa shape index (κ1) is 24.2. The van der Waals surface area contributed by atoms with Crippen LogP contribution in [-0.2, 0) is 30.8 Å². The first-order chi connectivity index (χ1) is 12.8. The Balaban J connectivity index is 0.00000364. The number of amides is 1. The van der Waals surface area contributed by atoms with Crippen LogP contribution in [0, 0.1) is 0 Å². The second-order valence-corrected chi connectivity index (χ2v) is 6.47. The summed E-state index contributed by atoms with van der Waals surface area (Å²) in [6, 6.07) is 7.89. The molecule has 27 heavy (non-hydrogen) atoms. The number of hydrogen-bond acceptors (Lipinski definition) is 6. The molecular weight excluding hydrogens is 396 g/mol. The fourth-order valence-corrected chi connectivity index (χ4v) is 2.86. The molecule has 4 N–H and O–H groups in total. The van der Waals surface area contributed by atoms with E-state index < -0.39 is 0 Å². The van der Waals surface area contributed by atoms with E-state index in [0.717, 1.165) is 58.9 Å². The Hall–Kier alpha value is -0.887. The number of methoxy groups -OCH3 is 1. The van der Waals surface area contributed by atoms with E-state index in [1.54, 1.807) is 7.11 Å². The minimum absolute atomic E-state index is 0. The molecule has 0 radical (unpaired) electrons. The van der Waals surface area contributed by atoms with Crippen LogP contribution in [0.5, 0.6) is 0 Å². The molecule has 0 bridgehead atoms. The van der Waals surface area contributed by atoms with Crippen molar-refractivity contribution in [2.24, 2.45) is 0 Å². The SMILES string of the molecule is COCCNC(=O)c1ccc(CN2CCNCCNCCNCC2)cc1.[Zn]. The quantitative estimate of drug-likeness (QED) is 0.366. The maximum Gasteiger partial charge on any atom is 0.251 e. The van der Waals surface area contributed by atoms with Gasteiger partial charge in [-0.05, 0) is 17.7 Å². The second-order valence-electron chi connectivity index (χ2n) is 6.47. The van der Waals surface area contributed by atoms with E-state index >= 15 is 0 Å². The predicted molar refractivity (Wildman–Crippen MR) is 105 cm³/mol. The molecule has 1 fully saturated rings. The van der Waals surface area contributed by atoms with Crippen molar-refractivity contribution in [1.29, 1.82) is 0 Å². The summed E-state index contributed by atoms with van der Waals surface area (Å²) in [7, 11) is 1.63. The molecular formula is C19H33N5O2Zn. The number of hydrogen-bond donors (Lipinski definition) is 4. The standard InChI is InChI=1S/C19H33N5O2.Zn/c1-26-15-12-23-19(25)18-4-2-17(3-5-18)16-24-13-10-21-8-6-20-7-9-22-11-14-24;/h2-5,20-22H,6-16H2,1H3,(H,23,25);. The molecule has 1 aromatic carbocycles. The van der Waals surface area contributed by atoms with Crippen LogP contribution in [0.4, 0.5) is 0 Å². The first-order valence-corrected chi connectivity index (χ1v) is 9.50. The summed E-state index contributed by atoms with van der Waals surface area (Å²) >= 11 is 0. The molecule has 1 aliphatic heterocycles. The molecule has 1 saturated heterocycles. The molecule has 0 spiro atoms. The number of benzene rings is 1. The Labute approximate surface area is 175 Å². The van der Waals surface area contributed by atoms with Gasteiger partial charge in [0.05, 0.1) is 6.61 Å². The van der Waals surface area contributed by atoms with Gasteiger partial charge in [-0.1, -0.05) is 12.1 Å². The van der Waals surface area contributed by atoms with E-state index in [1.807, 2.05) is 24.3 Å². The zero-order valence-electron chi connectivity index (χ0n) is 16.6. The maximum atomic E-state index is 12.0. The molecule has 8 heteroatoms. The van der Waals surface area contributed by atoms with Crippen LogP contribution in [0.1, 0.15) is 15.9 Å². The summed E-state index contributed by atoms with van der Waals surface area (Å²) in [5, 5.41) is 13.2. The molecule has 1 aromatic rings. The van der Waals surface area contributed by atoms with Crippen molar-refractivity contribution < 1.29 is 29.0 Å². The Morgan fingerprint density at radius 3 is 2.11 bits per heavy atom. The van der Waals surface area contributed by atoms with E-state index in [-0.39, 0.29) is 25.4 Å². The summed E-state index contributed by atoms with van der Waals surface area (Å²) < 4.78 is 4.95. The van der Waals surface area contributed by atoms with E-state index in [2.05, 4.69) is 26.2 Å².